The number of benzene rings is 2. The molecule has 0 spiro atoms. The van der Waals surface area contributed by atoms with E-state index in [4.69, 9.17) is 9.47 Å². The summed E-state index contributed by atoms with van der Waals surface area (Å²) in [5.41, 5.74) is 0.277. The van der Waals surface area contributed by atoms with Gasteiger partial charge in [-0.15, -0.1) is 0 Å². The Morgan fingerprint density at radius 3 is 2.45 bits per heavy atom. The molecule has 0 aliphatic carbocycles. The molecule has 0 fully saturated rings. The largest absolute Gasteiger partial charge is 0.496 e. The van der Waals surface area contributed by atoms with Crippen molar-refractivity contribution in [2.24, 2.45) is 0 Å². The summed E-state index contributed by atoms with van der Waals surface area (Å²) in [4.78, 5) is 25.0. The van der Waals surface area contributed by atoms with Crippen LogP contribution in [0.1, 0.15) is 18.5 Å². The molecule has 0 aromatic heterocycles. The first-order valence-electron chi connectivity index (χ1n) is 9.35. The summed E-state index contributed by atoms with van der Waals surface area (Å²) in [6.07, 6.45) is 0. The van der Waals surface area contributed by atoms with E-state index in [0.29, 0.717) is 11.3 Å². The van der Waals surface area contributed by atoms with Crippen LogP contribution in [0.4, 0.5) is 9.18 Å². The van der Waals surface area contributed by atoms with Gasteiger partial charge >= 0.3 is 12.0 Å². The molecular formula is C21H21FN2O6S. The van der Waals surface area contributed by atoms with Crippen LogP contribution in [0.3, 0.4) is 0 Å². The third-order valence-electron chi connectivity index (χ3n) is 4.61. The number of methoxy groups -OCH3 is 1. The van der Waals surface area contributed by atoms with Crippen LogP contribution in [0.5, 0.6) is 5.75 Å². The average molecular weight is 448 g/mol. The molecule has 0 saturated heterocycles. The highest BCUT2D eigenvalue weighted by molar-refractivity contribution is 7.91. The monoisotopic (exact) mass is 448 g/mol. The van der Waals surface area contributed by atoms with Gasteiger partial charge in [0.05, 0.1) is 36.0 Å². The van der Waals surface area contributed by atoms with E-state index in [2.05, 4.69) is 10.6 Å². The first-order valence-corrected chi connectivity index (χ1v) is 11.0. The molecule has 2 amide bonds. The highest BCUT2D eigenvalue weighted by Gasteiger charge is 2.37. The smallest absolute Gasteiger partial charge is 0.338 e. The second-order valence-electron chi connectivity index (χ2n) is 6.60. The summed E-state index contributed by atoms with van der Waals surface area (Å²) < 4.78 is 49.5. The van der Waals surface area contributed by atoms with E-state index in [1.54, 1.807) is 31.2 Å². The number of hydrogen-bond acceptors (Lipinski definition) is 6. The maximum Gasteiger partial charge on any atom is 0.338 e. The van der Waals surface area contributed by atoms with E-state index in [1.807, 2.05) is 0 Å². The second kappa shape index (κ2) is 9.17. The molecule has 1 atom stereocenters. The Hall–Kier alpha value is -3.40. The van der Waals surface area contributed by atoms with Crippen LogP contribution in [-0.2, 0) is 19.4 Å². The molecule has 31 heavy (non-hydrogen) atoms. The Labute approximate surface area is 179 Å². The van der Waals surface area contributed by atoms with Gasteiger partial charge in [0.15, 0.2) is 9.84 Å². The molecule has 2 aromatic rings. The number of sulfone groups is 1. The van der Waals surface area contributed by atoms with Gasteiger partial charge in [0.2, 0.25) is 0 Å². The molecule has 164 valence electrons. The van der Waals surface area contributed by atoms with Crippen LogP contribution >= 0.6 is 0 Å². The van der Waals surface area contributed by atoms with Crippen molar-refractivity contribution < 1.29 is 31.9 Å². The van der Waals surface area contributed by atoms with Crippen molar-refractivity contribution in [2.45, 2.75) is 17.9 Å². The number of esters is 1. The lowest BCUT2D eigenvalue weighted by Crippen LogP contribution is -2.47. The standard InChI is InChI=1S/C21H21FN2O6S/c1-3-30-20(25)18-16(12-31(27,28)14-10-8-13(22)9-11-14)23-21(26)24-19(18)15-6-4-5-7-17(15)29-2/h4-11,19H,3,12H2,1-2H3,(H2,23,24,26)/t19-/m0/s1. The molecule has 1 aliphatic heterocycles. The molecule has 3 rings (SSSR count). The summed E-state index contributed by atoms with van der Waals surface area (Å²) in [6, 6.07) is 9.32. The maximum absolute atomic E-state index is 13.2. The molecule has 2 N–H and O–H groups in total. The maximum atomic E-state index is 13.2. The number of rotatable bonds is 7. The highest BCUT2D eigenvalue weighted by Crippen LogP contribution is 2.34. The van der Waals surface area contributed by atoms with Gasteiger partial charge in [0.1, 0.15) is 11.6 Å². The number of carbonyl (C=O) groups is 2. The van der Waals surface area contributed by atoms with Crippen molar-refractivity contribution in [1.82, 2.24) is 10.6 Å². The summed E-state index contributed by atoms with van der Waals surface area (Å²) in [7, 11) is -2.57. The molecule has 0 saturated carbocycles. The number of nitrogens with one attached hydrogen (secondary N) is 2. The lowest BCUT2D eigenvalue weighted by atomic mass is 9.95. The van der Waals surface area contributed by atoms with E-state index in [-0.39, 0.29) is 22.8 Å². The Morgan fingerprint density at radius 1 is 1.13 bits per heavy atom. The van der Waals surface area contributed by atoms with Crippen LogP contribution in [0.15, 0.2) is 64.7 Å². The number of amides is 2. The topological polar surface area (TPSA) is 111 Å². The summed E-state index contributed by atoms with van der Waals surface area (Å²) in [5, 5.41) is 5.04. The van der Waals surface area contributed by atoms with Gasteiger partial charge in [0, 0.05) is 11.3 Å². The molecular weight excluding hydrogens is 427 g/mol. The van der Waals surface area contributed by atoms with Gasteiger partial charge < -0.3 is 20.1 Å². The molecule has 0 radical (unpaired) electrons. The second-order valence-corrected chi connectivity index (χ2v) is 8.59. The van der Waals surface area contributed by atoms with Crippen LogP contribution in [0, 0.1) is 5.82 Å². The molecule has 1 heterocycles. The minimum Gasteiger partial charge on any atom is -0.496 e. The van der Waals surface area contributed by atoms with Gasteiger partial charge in [-0.3, -0.25) is 0 Å². The third kappa shape index (κ3) is 4.85. The molecule has 1 aliphatic rings. The minimum atomic E-state index is -4.01. The lowest BCUT2D eigenvalue weighted by Gasteiger charge is -2.30. The van der Waals surface area contributed by atoms with Gasteiger partial charge in [0.25, 0.3) is 0 Å². The predicted molar refractivity (Wildman–Crippen MR) is 110 cm³/mol. The quantitative estimate of drug-likeness (QED) is 0.497. The van der Waals surface area contributed by atoms with E-state index in [9.17, 15) is 22.4 Å². The number of carbonyl (C=O) groups excluding carboxylic acids is 2. The lowest BCUT2D eigenvalue weighted by molar-refractivity contribution is -0.139. The van der Waals surface area contributed by atoms with Gasteiger partial charge in [-0.2, -0.15) is 0 Å². The fourth-order valence-corrected chi connectivity index (χ4v) is 4.56. The van der Waals surface area contributed by atoms with Gasteiger partial charge in [-0.25, -0.2) is 22.4 Å². The summed E-state index contributed by atoms with van der Waals surface area (Å²) in [5.74, 6) is -1.66. The van der Waals surface area contributed by atoms with Crippen LogP contribution in [0.2, 0.25) is 0 Å². The van der Waals surface area contributed by atoms with Crippen LogP contribution < -0.4 is 15.4 Å². The first-order chi connectivity index (χ1) is 14.8. The molecule has 10 heteroatoms. The molecule has 0 bridgehead atoms. The number of urea groups is 1. The highest BCUT2D eigenvalue weighted by atomic mass is 32.2. The van der Waals surface area contributed by atoms with E-state index < -0.39 is 39.4 Å². The number of hydrogen-bond donors (Lipinski definition) is 2. The predicted octanol–water partition coefficient (Wildman–Crippen LogP) is 2.48. The van der Waals surface area contributed by atoms with E-state index in [0.717, 1.165) is 24.3 Å². The van der Waals surface area contributed by atoms with Crippen molar-refractivity contribution in [3.05, 3.63) is 71.2 Å². The zero-order valence-electron chi connectivity index (χ0n) is 16.8. The molecule has 2 aromatic carbocycles. The van der Waals surface area contributed by atoms with Gasteiger partial charge in [-0.05, 0) is 37.3 Å². The number of halogens is 1. The molecule has 0 unspecified atom stereocenters. The van der Waals surface area contributed by atoms with Crippen molar-refractivity contribution in [2.75, 3.05) is 19.5 Å². The van der Waals surface area contributed by atoms with E-state index >= 15 is 0 Å². The van der Waals surface area contributed by atoms with Crippen LogP contribution in [-0.4, -0.2) is 39.9 Å². The average Bonchev–Trinajstić information content (AvgIpc) is 2.73. The molecule has 8 nitrogen and oxygen atoms in total. The van der Waals surface area contributed by atoms with Crippen molar-refractivity contribution in [1.29, 1.82) is 0 Å². The van der Waals surface area contributed by atoms with Crippen molar-refractivity contribution >= 4 is 21.8 Å². The number of para-hydroxylation sites is 1. The Kier molecular flexibility index (Phi) is 6.59. The third-order valence-corrected chi connectivity index (χ3v) is 6.27. The fourth-order valence-electron chi connectivity index (χ4n) is 3.24. The zero-order chi connectivity index (χ0) is 22.6. The van der Waals surface area contributed by atoms with Crippen molar-refractivity contribution in [3.8, 4) is 5.75 Å². The fraction of sp³-hybridized carbons (Fsp3) is 0.238. The normalized spacial score (nSPS) is 16.4. The zero-order valence-corrected chi connectivity index (χ0v) is 17.7. The van der Waals surface area contributed by atoms with Gasteiger partial charge in [-0.1, -0.05) is 18.2 Å². The minimum absolute atomic E-state index is 0.0485. The summed E-state index contributed by atoms with van der Waals surface area (Å²) >= 11 is 0. The number of ether oxygens (including phenoxy) is 2. The first kappa shape index (κ1) is 22.3. The summed E-state index contributed by atoms with van der Waals surface area (Å²) in [6.45, 7) is 1.66. The van der Waals surface area contributed by atoms with Crippen LogP contribution in [0.25, 0.3) is 0 Å². The Morgan fingerprint density at radius 2 is 1.81 bits per heavy atom. The Bertz CT molecular complexity index is 1130. The SMILES string of the molecule is CCOC(=O)C1=C(CS(=O)(=O)c2ccc(F)cc2)NC(=O)N[C@H]1c1ccccc1OC. The van der Waals surface area contributed by atoms with E-state index in [1.165, 1.54) is 7.11 Å². The van der Waals surface area contributed by atoms with Crippen molar-refractivity contribution in [3.63, 3.8) is 0 Å². The Balaban J connectivity index is 2.13.